The van der Waals surface area contributed by atoms with Crippen LogP contribution in [-0.2, 0) is 10.0 Å². The summed E-state index contributed by atoms with van der Waals surface area (Å²) in [6.07, 6.45) is -3.39. The van der Waals surface area contributed by atoms with E-state index in [1.807, 2.05) is 0 Å². The molecule has 2 atom stereocenters. The molecule has 5 nitrogen and oxygen atoms in total. The number of hydrogen-bond donors (Lipinski definition) is 1. The smallest absolute Gasteiger partial charge is 0.393 e. The molecule has 0 aliphatic heterocycles. The first-order valence-corrected chi connectivity index (χ1v) is 9.88. The van der Waals surface area contributed by atoms with Crippen molar-refractivity contribution in [3.8, 4) is 11.5 Å². The van der Waals surface area contributed by atoms with E-state index in [4.69, 9.17) is 9.47 Å². The fourth-order valence-corrected chi connectivity index (χ4v) is 5.32. The lowest BCUT2D eigenvalue weighted by Gasteiger charge is -2.33. The summed E-state index contributed by atoms with van der Waals surface area (Å²) in [6.45, 7) is 0. The molecular formula is C15H19BrF3NO4S. The van der Waals surface area contributed by atoms with Crippen LogP contribution >= 0.6 is 15.9 Å². The highest BCUT2D eigenvalue weighted by molar-refractivity contribution is 9.10. The molecular weight excluding hydrogens is 427 g/mol. The average molecular weight is 446 g/mol. The third kappa shape index (κ3) is 4.59. The fraction of sp³-hybridized carbons (Fsp3) is 0.600. The van der Waals surface area contributed by atoms with Gasteiger partial charge in [-0.3, -0.25) is 0 Å². The van der Waals surface area contributed by atoms with Gasteiger partial charge in [0.05, 0.1) is 20.1 Å². The quantitative estimate of drug-likeness (QED) is 0.746. The third-order valence-electron chi connectivity index (χ3n) is 4.22. The SMILES string of the molecule is COc1cc(Br)c(S(=O)(=O)NC2CCCCC2C(F)(F)F)cc1OC. The van der Waals surface area contributed by atoms with Gasteiger partial charge in [-0.25, -0.2) is 13.1 Å². The van der Waals surface area contributed by atoms with Gasteiger partial charge in [-0.2, -0.15) is 13.2 Å². The van der Waals surface area contributed by atoms with Gasteiger partial charge in [-0.15, -0.1) is 0 Å². The van der Waals surface area contributed by atoms with Gasteiger partial charge in [-0.05, 0) is 34.8 Å². The first kappa shape index (κ1) is 20.3. The Bertz CT molecular complexity index is 724. The molecule has 1 aliphatic rings. The molecule has 0 aromatic heterocycles. The minimum Gasteiger partial charge on any atom is -0.493 e. The lowest BCUT2D eigenvalue weighted by molar-refractivity contribution is -0.187. The molecule has 0 amide bonds. The van der Waals surface area contributed by atoms with Crippen LogP contribution in [0.5, 0.6) is 11.5 Å². The highest BCUT2D eigenvalue weighted by atomic mass is 79.9. The Morgan fingerprint density at radius 3 is 2.24 bits per heavy atom. The minimum atomic E-state index is -4.44. The zero-order valence-electron chi connectivity index (χ0n) is 13.7. The van der Waals surface area contributed by atoms with Crippen LogP contribution in [0.4, 0.5) is 13.2 Å². The van der Waals surface area contributed by atoms with E-state index in [0.717, 1.165) is 0 Å². The Kier molecular flexibility index (Phi) is 6.26. The number of hydrogen-bond acceptors (Lipinski definition) is 4. The van der Waals surface area contributed by atoms with Crippen LogP contribution in [0.2, 0.25) is 0 Å². The topological polar surface area (TPSA) is 64.6 Å². The number of benzene rings is 1. The van der Waals surface area contributed by atoms with Gasteiger partial charge in [0.1, 0.15) is 4.90 Å². The normalized spacial score (nSPS) is 21.8. The molecule has 10 heteroatoms. The van der Waals surface area contributed by atoms with Crippen LogP contribution in [0.25, 0.3) is 0 Å². The molecule has 0 spiro atoms. The van der Waals surface area contributed by atoms with Crippen molar-refractivity contribution in [3.63, 3.8) is 0 Å². The van der Waals surface area contributed by atoms with Crippen LogP contribution in [0.15, 0.2) is 21.5 Å². The molecule has 0 radical (unpaired) electrons. The molecule has 1 saturated carbocycles. The van der Waals surface area contributed by atoms with E-state index in [2.05, 4.69) is 20.7 Å². The number of rotatable bonds is 5. The van der Waals surface area contributed by atoms with Crippen molar-refractivity contribution in [2.45, 2.75) is 42.8 Å². The Labute approximate surface area is 153 Å². The molecule has 1 aliphatic carbocycles. The Balaban J connectivity index is 2.35. The maximum absolute atomic E-state index is 13.2. The monoisotopic (exact) mass is 445 g/mol. The van der Waals surface area contributed by atoms with Gasteiger partial charge in [0, 0.05) is 16.6 Å². The number of sulfonamides is 1. The van der Waals surface area contributed by atoms with E-state index < -0.39 is 28.2 Å². The van der Waals surface area contributed by atoms with Gasteiger partial charge < -0.3 is 9.47 Å². The van der Waals surface area contributed by atoms with Crippen LogP contribution in [0.3, 0.4) is 0 Å². The Hall–Kier alpha value is -1.00. The lowest BCUT2D eigenvalue weighted by Crippen LogP contribution is -2.47. The van der Waals surface area contributed by atoms with Gasteiger partial charge in [0.2, 0.25) is 10.0 Å². The second kappa shape index (κ2) is 7.71. The Morgan fingerprint density at radius 2 is 1.68 bits per heavy atom. The zero-order chi connectivity index (χ0) is 18.8. The predicted octanol–water partition coefficient (Wildman–Crippen LogP) is 3.87. The average Bonchev–Trinajstić information content (AvgIpc) is 2.53. The summed E-state index contributed by atoms with van der Waals surface area (Å²) in [5, 5.41) is 0. The van der Waals surface area contributed by atoms with E-state index in [-0.39, 0.29) is 28.0 Å². The molecule has 1 aromatic rings. The van der Waals surface area contributed by atoms with Crippen LogP contribution in [0.1, 0.15) is 25.7 Å². The molecule has 25 heavy (non-hydrogen) atoms. The van der Waals surface area contributed by atoms with Crippen molar-refractivity contribution in [1.82, 2.24) is 4.72 Å². The predicted molar refractivity (Wildman–Crippen MR) is 89.4 cm³/mol. The van der Waals surface area contributed by atoms with Gasteiger partial charge in [-0.1, -0.05) is 12.8 Å². The summed E-state index contributed by atoms with van der Waals surface area (Å²) in [5.41, 5.74) is 0. The van der Waals surface area contributed by atoms with E-state index >= 15 is 0 Å². The molecule has 0 bridgehead atoms. The first-order chi connectivity index (χ1) is 11.6. The summed E-state index contributed by atoms with van der Waals surface area (Å²) in [4.78, 5) is -0.198. The summed E-state index contributed by atoms with van der Waals surface area (Å²) < 4.78 is 77.4. The van der Waals surface area contributed by atoms with Crippen LogP contribution < -0.4 is 14.2 Å². The number of methoxy groups -OCH3 is 2. The molecule has 1 N–H and O–H groups in total. The molecule has 1 fully saturated rings. The highest BCUT2D eigenvalue weighted by Gasteiger charge is 2.46. The summed E-state index contributed by atoms with van der Waals surface area (Å²) in [7, 11) is -1.43. The summed E-state index contributed by atoms with van der Waals surface area (Å²) in [5.74, 6) is -1.21. The number of alkyl halides is 3. The van der Waals surface area contributed by atoms with Crippen molar-refractivity contribution in [1.29, 1.82) is 0 Å². The van der Waals surface area contributed by atoms with Crippen molar-refractivity contribution in [2.24, 2.45) is 5.92 Å². The molecule has 1 aromatic carbocycles. The lowest BCUT2D eigenvalue weighted by atomic mass is 9.85. The van der Waals surface area contributed by atoms with Crippen molar-refractivity contribution < 1.29 is 31.1 Å². The molecule has 0 heterocycles. The largest absolute Gasteiger partial charge is 0.493 e. The molecule has 2 unspecified atom stereocenters. The second-order valence-electron chi connectivity index (χ2n) is 5.80. The first-order valence-electron chi connectivity index (χ1n) is 7.60. The maximum atomic E-state index is 13.2. The van der Waals surface area contributed by atoms with E-state index in [1.165, 1.54) is 26.4 Å². The molecule has 2 rings (SSSR count). The maximum Gasteiger partial charge on any atom is 0.393 e. The minimum absolute atomic E-state index is 0.0796. The van der Waals surface area contributed by atoms with Gasteiger partial charge in [0.15, 0.2) is 11.5 Å². The fourth-order valence-electron chi connectivity index (χ4n) is 2.97. The zero-order valence-corrected chi connectivity index (χ0v) is 16.1. The van der Waals surface area contributed by atoms with Gasteiger partial charge in [0.25, 0.3) is 0 Å². The highest BCUT2D eigenvalue weighted by Crippen LogP contribution is 2.39. The van der Waals surface area contributed by atoms with E-state index in [9.17, 15) is 21.6 Å². The van der Waals surface area contributed by atoms with E-state index in [0.29, 0.717) is 18.6 Å². The van der Waals surface area contributed by atoms with Crippen LogP contribution in [-0.4, -0.2) is 34.9 Å². The Morgan fingerprint density at radius 1 is 1.12 bits per heavy atom. The van der Waals surface area contributed by atoms with Gasteiger partial charge >= 0.3 is 6.18 Å². The molecule has 0 saturated heterocycles. The van der Waals surface area contributed by atoms with E-state index in [1.54, 1.807) is 0 Å². The van der Waals surface area contributed by atoms with Crippen molar-refractivity contribution in [3.05, 3.63) is 16.6 Å². The number of halogens is 4. The number of nitrogens with one attached hydrogen (secondary N) is 1. The van der Waals surface area contributed by atoms with Crippen LogP contribution in [0, 0.1) is 5.92 Å². The standard InChI is InChI=1S/C15H19BrF3NO4S/c1-23-12-7-10(16)14(8-13(12)24-2)25(21,22)20-11-6-4-3-5-9(11)15(17,18)19/h7-9,11,20H,3-6H2,1-2H3. The van der Waals surface area contributed by atoms with Crippen molar-refractivity contribution >= 4 is 26.0 Å². The second-order valence-corrected chi connectivity index (χ2v) is 8.33. The third-order valence-corrected chi connectivity index (χ3v) is 6.67. The van der Waals surface area contributed by atoms with Crippen molar-refractivity contribution in [2.75, 3.05) is 14.2 Å². The summed E-state index contributed by atoms with van der Waals surface area (Å²) in [6, 6.07) is 1.44. The molecule has 142 valence electrons. The number of ether oxygens (including phenoxy) is 2. The summed E-state index contributed by atoms with van der Waals surface area (Å²) >= 11 is 3.13.